The molecular weight excluding hydrogens is 254 g/mol. The summed E-state index contributed by atoms with van der Waals surface area (Å²) in [5.41, 5.74) is 1.83. The van der Waals surface area contributed by atoms with Gasteiger partial charge in [-0.25, -0.2) is 4.98 Å². The van der Waals surface area contributed by atoms with Crippen molar-refractivity contribution in [2.75, 3.05) is 23.9 Å². The fourth-order valence-electron chi connectivity index (χ4n) is 2.22. The summed E-state index contributed by atoms with van der Waals surface area (Å²) in [5.74, 6) is 1.50. The quantitative estimate of drug-likeness (QED) is 0.926. The largest absolute Gasteiger partial charge is 0.482 e. The number of anilines is 2. The van der Waals surface area contributed by atoms with E-state index >= 15 is 0 Å². The number of nitrogens with zero attached hydrogens (tertiary/aromatic N) is 2. The van der Waals surface area contributed by atoms with E-state index in [4.69, 9.17) is 4.74 Å². The van der Waals surface area contributed by atoms with Gasteiger partial charge in [0.15, 0.2) is 6.61 Å². The number of carbonyl (C=O) groups is 1. The molecule has 0 saturated carbocycles. The molecule has 102 valence electrons. The number of para-hydroxylation sites is 2. The van der Waals surface area contributed by atoms with Gasteiger partial charge in [0.05, 0.1) is 12.2 Å². The number of pyridine rings is 1. The summed E-state index contributed by atoms with van der Waals surface area (Å²) in [7, 11) is 1.82. The highest BCUT2D eigenvalue weighted by atomic mass is 16.5. The predicted molar refractivity (Wildman–Crippen MR) is 76.9 cm³/mol. The highest BCUT2D eigenvalue weighted by molar-refractivity contribution is 5.97. The Kier molecular flexibility index (Phi) is 3.25. The van der Waals surface area contributed by atoms with Crippen molar-refractivity contribution < 1.29 is 9.53 Å². The zero-order valence-corrected chi connectivity index (χ0v) is 11.2. The topological polar surface area (TPSA) is 54.5 Å². The zero-order chi connectivity index (χ0) is 13.9. The van der Waals surface area contributed by atoms with Crippen molar-refractivity contribution in [3.63, 3.8) is 0 Å². The van der Waals surface area contributed by atoms with E-state index in [-0.39, 0.29) is 12.5 Å². The van der Waals surface area contributed by atoms with Crippen molar-refractivity contribution in [2.24, 2.45) is 0 Å². The molecule has 0 fully saturated rings. The van der Waals surface area contributed by atoms with E-state index in [1.165, 1.54) is 0 Å². The van der Waals surface area contributed by atoms with Crippen LogP contribution in [0.15, 0.2) is 42.6 Å². The molecule has 0 spiro atoms. The van der Waals surface area contributed by atoms with E-state index in [0.717, 1.165) is 22.8 Å². The van der Waals surface area contributed by atoms with Crippen LogP contribution in [0.5, 0.6) is 5.75 Å². The molecule has 0 radical (unpaired) electrons. The normalized spacial score (nSPS) is 13.7. The second-order valence-corrected chi connectivity index (χ2v) is 4.54. The average molecular weight is 269 g/mol. The van der Waals surface area contributed by atoms with Crippen LogP contribution in [0.2, 0.25) is 0 Å². The standard InChI is InChI=1S/C15H15N3O2/c1-16-14-8-11(6-7-17-14)9-18-12-4-2-3-5-13(12)20-10-15(18)19/h2-8H,9-10H2,1H3,(H,16,17). The number of amides is 1. The van der Waals surface area contributed by atoms with Gasteiger partial charge < -0.3 is 15.0 Å². The zero-order valence-electron chi connectivity index (χ0n) is 11.2. The molecule has 2 aromatic rings. The molecule has 0 unspecified atom stereocenters. The number of benzene rings is 1. The third kappa shape index (κ3) is 2.30. The van der Waals surface area contributed by atoms with E-state index in [9.17, 15) is 4.79 Å². The molecule has 2 heterocycles. The predicted octanol–water partition coefficient (Wildman–Crippen LogP) is 2.05. The fraction of sp³-hybridized carbons (Fsp3) is 0.200. The maximum absolute atomic E-state index is 12.1. The Labute approximate surface area is 117 Å². The van der Waals surface area contributed by atoms with Crippen LogP contribution >= 0.6 is 0 Å². The minimum atomic E-state index is -0.0356. The van der Waals surface area contributed by atoms with Gasteiger partial charge in [-0.1, -0.05) is 12.1 Å². The maximum Gasteiger partial charge on any atom is 0.265 e. The van der Waals surface area contributed by atoms with E-state index in [1.54, 1.807) is 11.1 Å². The molecule has 0 saturated heterocycles. The van der Waals surface area contributed by atoms with Crippen molar-refractivity contribution in [2.45, 2.75) is 6.54 Å². The van der Waals surface area contributed by atoms with Gasteiger partial charge in [-0.3, -0.25) is 4.79 Å². The van der Waals surface area contributed by atoms with Crippen molar-refractivity contribution >= 4 is 17.4 Å². The summed E-state index contributed by atoms with van der Waals surface area (Å²) in [5, 5.41) is 3.00. The SMILES string of the molecule is CNc1cc(CN2C(=O)COc3ccccc32)ccn1. The molecule has 20 heavy (non-hydrogen) atoms. The summed E-state index contributed by atoms with van der Waals surface area (Å²) >= 11 is 0. The Hall–Kier alpha value is -2.56. The summed E-state index contributed by atoms with van der Waals surface area (Å²) in [6.45, 7) is 0.595. The van der Waals surface area contributed by atoms with Crippen LogP contribution in [-0.4, -0.2) is 24.5 Å². The molecule has 0 bridgehead atoms. The molecule has 0 aliphatic carbocycles. The van der Waals surface area contributed by atoms with Crippen molar-refractivity contribution in [3.8, 4) is 5.75 Å². The smallest absolute Gasteiger partial charge is 0.265 e. The van der Waals surface area contributed by atoms with Crippen LogP contribution < -0.4 is 15.0 Å². The van der Waals surface area contributed by atoms with Crippen LogP contribution in [0, 0.1) is 0 Å². The van der Waals surface area contributed by atoms with Crippen molar-refractivity contribution in [1.82, 2.24) is 4.98 Å². The minimum absolute atomic E-state index is 0.0356. The molecular formula is C15H15N3O2. The highest BCUT2D eigenvalue weighted by Gasteiger charge is 2.25. The molecule has 1 aliphatic rings. The van der Waals surface area contributed by atoms with Crippen LogP contribution in [0.4, 0.5) is 11.5 Å². The number of carbonyl (C=O) groups excluding carboxylic acids is 1. The van der Waals surface area contributed by atoms with Crippen molar-refractivity contribution in [1.29, 1.82) is 0 Å². The number of nitrogens with one attached hydrogen (secondary N) is 1. The van der Waals surface area contributed by atoms with Crippen LogP contribution in [0.1, 0.15) is 5.56 Å². The molecule has 1 amide bonds. The summed E-state index contributed by atoms with van der Waals surface area (Å²) < 4.78 is 5.43. The van der Waals surface area contributed by atoms with E-state index < -0.39 is 0 Å². The van der Waals surface area contributed by atoms with Gasteiger partial charge in [-0.15, -0.1) is 0 Å². The van der Waals surface area contributed by atoms with Gasteiger partial charge in [0, 0.05) is 13.2 Å². The lowest BCUT2D eigenvalue weighted by molar-refractivity contribution is -0.121. The Morgan fingerprint density at radius 2 is 2.20 bits per heavy atom. The number of fused-ring (bicyclic) bond motifs is 1. The summed E-state index contributed by atoms with van der Waals surface area (Å²) in [4.78, 5) is 18.0. The van der Waals surface area contributed by atoms with Gasteiger partial charge in [0.2, 0.25) is 0 Å². The molecule has 1 aromatic heterocycles. The number of hydrogen-bond acceptors (Lipinski definition) is 4. The highest BCUT2D eigenvalue weighted by Crippen LogP contribution is 2.32. The van der Waals surface area contributed by atoms with E-state index in [0.29, 0.717) is 6.54 Å². The molecule has 1 aliphatic heterocycles. The van der Waals surface area contributed by atoms with Crippen LogP contribution in [0.25, 0.3) is 0 Å². The molecule has 3 rings (SSSR count). The first-order chi connectivity index (χ1) is 9.78. The maximum atomic E-state index is 12.1. The first kappa shape index (κ1) is 12.5. The number of aromatic nitrogens is 1. The van der Waals surface area contributed by atoms with E-state index in [1.807, 2.05) is 43.4 Å². The third-order valence-electron chi connectivity index (χ3n) is 3.23. The first-order valence-corrected chi connectivity index (χ1v) is 6.43. The molecule has 5 nitrogen and oxygen atoms in total. The van der Waals surface area contributed by atoms with Gasteiger partial charge >= 0.3 is 0 Å². The summed E-state index contributed by atoms with van der Waals surface area (Å²) in [6.07, 6.45) is 1.73. The summed E-state index contributed by atoms with van der Waals surface area (Å²) in [6, 6.07) is 11.4. The number of ether oxygens (including phenoxy) is 1. The van der Waals surface area contributed by atoms with Gasteiger partial charge in [0.1, 0.15) is 11.6 Å². The van der Waals surface area contributed by atoms with Crippen molar-refractivity contribution in [3.05, 3.63) is 48.2 Å². The lowest BCUT2D eigenvalue weighted by atomic mass is 10.2. The van der Waals surface area contributed by atoms with Crippen LogP contribution in [0.3, 0.4) is 0 Å². The lowest BCUT2D eigenvalue weighted by Crippen LogP contribution is -2.38. The fourth-order valence-corrected chi connectivity index (χ4v) is 2.22. The van der Waals surface area contributed by atoms with Gasteiger partial charge in [-0.2, -0.15) is 0 Å². The molecule has 5 heteroatoms. The third-order valence-corrected chi connectivity index (χ3v) is 3.23. The van der Waals surface area contributed by atoms with Gasteiger partial charge in [0.25, 0.3) is 5.91 Å². The Morgan fingerprint density at radius 3 is 3.05 bits per heavy atom. The first-order valence-electron chi connectivity index (χ1n) is 6.43. The van der Waals surface area contributed by atoms with E-state index in [2.05, 4.69) is 10.3 Å². The van der Waals surface area contributed by atoms with Gasteiger partial charge in [-0.05, 0) is 29.8 Å². The number of hydrogen-bond donors (Lipinski definition) is 1. The minimum Gasteiger partial charge on any atom is -0.482 e. The van der Waals surface area contributed by atoms with Crippen LogP contribution in [-0.2, 0) is 11.3 Å². The average Bonchev–Trinajstić information content (AvgIpc) is 2.50. The molecule has 1 aromatic carbocycles. The Balaban J connectivity index is 1.91. The number of rotatable bonds is 3. The molecule has 0 atom stereocenters. The molecule has 1 N–H and O–H groups in total. The Morgan fingerprint density at radius 1 is 1.35 bits per heavy atom. The monoisotopic (exact) mass is 269 g/mol. The second-order valence-electron chi connectivity index (χ2n) is 4.54. The lowest BCUT2D eigenvalue weighted by Gasteiger charge is -2.29. The second kappa shape index (κ2) is 5.21. The Bertz CT molecular complexity index is 643.